The Hall–Kier alpha value is -1.70. The van der Waals surface area contributed by atoms with Crippen LogP contribution in [0.1, 0.15) is 52.4 Å². The summed E-state index contributed by atoms with van der Waals surface area (Å²) in [5.41, 5.74) is -0.460. The van der Waals surface area contributed by atoms with Crippen LogP contribution < -0.4 is 10.6 Å². The molecule has 1 saturated carbocycles. The van der Waals surface area contributed by atoms with E-state index in [1.54, 1.807) is 0 Å². The number of aromatic nitrogens is 4. The topological polar surface area (TPSA) is 105 Å². The number of tetrazole rings is 1. The Labute approximate surface area is 118 Å². The minimum absolute atomic E-state index is 0.0428. The smallest absolute Gasteiger partial charge is 0.407 e. The Morgan fingerprint density at radius 2 is 2.10 bits per heavy atom. The standard InChI is InChI=1S/C12H22N6O2/c1-7(10-15-17-18-16-10)13-8-5-9(6-8)14-11(19)20-12(2,3)4/h7-9,13H,5-6H2,1-4H3,(H,14,19)(H,15,16,17,18). The number of carbonyl (C=O) groups is 1. The van der Waals surface area contributed by atoms with E-state index in [0.29, 0.717) is 11.9 Å². The van der Waals surface area contributed by atoms with Gasteiger partial charge in [-0.1, -0.05) is 5.21 Å². The lowest BCUT2D eigenvalue weighted by Crippen LogP contribution is -2.53. The van der Waals surface area contributed by atoms with Gasteiger partial charge < -0.3 is 15.4 Å². The van der Waals surface area contributed by atoms with Crippen LogP contribution in [0.3, 0.4) is 0 Å². The summed E-state index contributed by atoms with van der Waals surface area (Å²) in [7, 11) is 0. The van der Waals surface area contributed by atoms with Crippen LogP contribution in [-0.4, -0.2) is 44.4 Å². The Morgan fingerprint density at radius 1 is 1.40 bits per heavy atom. The zero-order valence-electron chi connectivity index (χ0n) is 12.3. The van der Waals surface area contributed by atoms with Gasteiger partial charge >= 0.3 is 6.09 Å². The van der Waals surface area contributed by atoms with Gasteiger partial charge in [0.2, 0.25) is 0 Å². The first-order chi connectivity index (χ1) is 9.33. The van der Waals surface area contributed by atoms with Crippen molar-refractivity contribution < 1.29 is 9.53 Å². The molecule has 2 rings (SSSR count). The molecular weight excluding hydrogens is 260 g/mol. The molecular formula is C12H22N6O2. The van der Waals surface area contributed by atoms with Crippen LogP contribution in [0.5, 0.6) is 0 Å². The van der Waals surface area contributed by atoms with Gasteiger partial charge in [-0.3, -0.25) is 0 Å². The van der Waals surface area contributed by atoms with Gasteiger partial charge in [0.25, 0.3) is 0 Å². The van der Waals surface area contributed by atoms with E-state index < -0.39 is 5.60 Å². The maximum absolute atomic E-state index is 11.6. The maximum Gasteiger partial charge on any atom is 0.407 e. The second kappa shape index (κ2) is 5.74. The predicted molar refractivity (Wildman–Crippen MR) is 71.9 cm³/mol. The van der Waals surface area contributed by atoms with Crippen molar-refractivity contribution in [2.45, 2.75) is 64.3 Å². The summed E-state index contributed by atoms with van der Waals surface area (Å²) in [6.45, 7) is 7.54. The lowest BCUT2D eigenvalue weighted by atomic mass is 9.86. The van der Waals surface area contributed by atoms with E-state index in [0.717, 1.165) is 12.8 Å². The number of ether oxygens (including phenoxy) is 1. The second-order valence-corrected chi connectivity index (χ2v) is 6.17. The number of hydrogen-bond donors (Lipinski definition) is 3. The predicted octanol–water partition coefficient (Wildman–Crippen LogP) is 0.906. The van der Waals surface area contributed by atoms with Crippen molar-refractivity contribution in [3.8, 4) is 0 Å². The van der Waals surface area contributed by atoms with Gasteiger partial charge in [-0.25, -0.2) is 4.79 Å². The van der Waals surface area contributed by atoms with Crippen molar-refractivity contribution >= 4 is 6.09 Å². The molecule has 1 aromatic heterocycles. The van der Waals surface area contributed by atoms with Gasteiger partial charge in [0.15, 0.2) is 5.82 Å². The molecule has 1 unspecified atom stereocenters. The maximum atomic E-state index is 11.6. The molecule has 112 valence electrons. The summed E-state index contributed by atoms with van der Waals surface area (Å²) < 4.78 is 5.22. The molecule has 0 bridgehead atoms. The first-order valence-electron chi connectivity index (χ1n) is 6.82. The average Bonchev–Trinajstić information content (AvgIpc) is 2.76. The first kappa shape index (κ1) is 14.7. The zero-order valence-corrected chi connectivity index (χ0v) is 12.3. The first-order valence-corrected chi connectivity index (χ1v) is 6.82. The second-order valence-electron chi connectivity index (χ2n) is 6.17. The summed E-state index contributed by atoms with van der Waals surface area (Å²) in [4.78, 5) is 11.6. The highest BCUT2D eigenvalue weighted by Gasteiger charge is 2.32. The summed E-state index contributed by atoms with van der Waals surface area (Å²) in [6.07, 6.45) is 1.40. The van der Waals surface area contributed by atoms with Crippen molar-refractivity contribution in [1.82, 2.24) is 31.3 Å². The van der Waals surface area contributed by atoms with E-state index >= 15 is 0 Å². The molecule has 1 aromatic rings. The summed E-state index contributed by atoms with van der Waals surface area (Å²) >= 11 is 0. The van der Waals surface area contributed by atoms with Gasteiger partial charge in [0.05, 0.1) is 6.04 Å². The lowest BCUT2D eigenvalue weighted by molar-refractivity contribution is 0.0463. The molecule has 0 aromatic carbocycles. The van der Waals surface area contributed by atoms with E-state index in [-0.39, 0.29) is 18.2 Å². The quantitative estimate of drug-likeness (QED) is 0.758. The number of nitrogens with zero attached hydrogens (tertiary/aromatic N) is 3. The van der Waals surface area contributed by atoms with Crippen molar-refractivity contribution in [2.75, 3.05) is 0 Å². The third-order valence-electron chi connectivity index (χ3n) is 3.09. The molecule has 8 nitrogen and oxygen atoms in total. The van der Waals surface area contributed by atoms with E-state index in [1.165, 1.54) is 0 Å². The SMILES string of the molecule is CC(NC1CC(NC(=O)OC(C)(C)C)C1)c1nn[nH]n1. The Bertz CT molecular complexity index is 435. The molecule has 0 spiro atoms. The Morgan fingerprint density at radius 3 is 2.65 bits per heavy atom. The molecule has 3 N–H and O–H groups in total. The van der Waals surface area contributed by atoms with E-state index in [4.69, 9.17) is 4.74 Å². The van der Waals surface area contributed by atoms with Gasteiger partial charge in [-0.15, -0.1) is 10.2 Å². The molecule has 1 fully saturated rings. The average molecular weight is 282 g/mol. The fourth-order valence-corrected chi connectivity index (χ4v) is 2.13. The van der Waals surface area contributed by atoms with Crippen LogP contribution in [0.25, 0.3) is 0 Å². The van der Waals surface area contributed by atoms with E-state index in [9.17, 15) is 4.79 Å². The van der Waals surface area contributed by atoms with Gasteiger partial charge in [0, 0.05) is 12.1 Å². The van der Waals surface area contributed by atoms with Crippen molar-refractivity contribution in [3.05, 3.63) is 5.82 Å². The third kappa shape index (κ3) is 4.16. The molecule has 1 aliphatic rings. The number of nitrogens with one attached hydrogen (secondary N) is 3. The third-order valence-corrected chi connectivity index (χ3v) is 3.09. The molecule has 20 heavy (non-hydrogen) atoms. The minimum atomic E-state index is -0.460. The van der Waals surface area contributed by atoms with Crippen LogP contribution in [0.15, 0.2) is 0 Å². The van der Waals surface area contributed by atoms with Crippen molar-refractivity contribution in [2.24, 2.45) is 0 Å². The van der Waals surface area contributed by atoms with E-state index in [1.807, 2.05) is 27.7 Å². The largest absolute Gasteiger partial charge is 0.444 e. The Balaban J connectivity index is 1.66. The molecule has 1 amide bonds. The number of hydrogen-bond acceptors (Lipinski definition) is 6. The van der Waals surface area contributed by atoms with Crippen LogP contribution in [0.4, 0.5) is 4.79 Å². The van der Waals surface area contributed by atoms with E-state index in [2.05, 4.69) is 31.3 Å². The highest BCUT2D eigenvalue weighted by molar-refractivity contribution is 5.68. The Kier molecular flexibility index (Phi) is 4.22. The molecule has 1 atom stereocenters. The number of H-pyrrole nitrogens is 1. The monoisotopic (exact) mass is 282 g/mol. The molecule has 1 heterocycles. The molecule has 0 radical (unpaired) electrons. The number of rotatable bonds is 4. The van der Waals surface area contributed by atoms with Crippen LogP contribution in [-0.2, 0) is 4.74 Å². The number of amides is 1. The molecule has 1 aliphatic carbocycles. The van der Waals surface area contributed by atoms with Crippen LogP contribution in [0, 0.1) is 0 Å². The van der Waals surface area contributed by atoms with Crippen LogP contribution in [0.2, 0.25) is 0 Å². The minimum Gasteiger partial charge on any atom is -0.444 e. The highest BCUT2D eigenvalue weighted by atomic mass is 16.6. The van der Waals surface area contributed by atoms with Crippen LogP contribution >= 0.6 is 0 Å². The molecule has 0 aliphatic heterocycles. The van der Waals surface area contributed by atoms with Gasteiger partial charge in [0.1, 0.15) is 5.60 Å². The summed E-state index contributed by atoms with van der Waals surface area (Å²) in [5, 5.41) is 20.1. The number of carbonyl (C=O) groups excluding carboxylic acids is 1. The normalized spacial score (nSPS) is 23.8. The number of aromatic amines is 1. The molecule has 8 heteroatoms. The fourth-order valence-electron chi connectivity index (χ4n) is 2.13. The van der Waals surface area contributed by atoms with Crippen molar-refractivity contribution in [3.63, 3.8) is 0 Å². The number of alkyl carbamates (subject to hydrolysis) is 1. The summed E-state index contributed by atoms with van der Waals surface area (Å²) in [5.74, 6) is 0.647. The lowest BCUT2D eigenvalue weighted by Gasteiger charge is -2.37. The van der Waals surface area contributed by atoms with Gasteiger partial charge in [-0.05, 0) is 40.5 Å². The fraction of sp³-hybridized carbons (Fsp3) is 0.833. The zero-order chi connectivity index (χ0) is 14.8. The molecule has 0 saturated heterocycles. The highest BCUT2D eigenvalue weighted by Crippen LogP contribution is 2.23. The van der Waals surface area contributed by atoms with Gasteiger partial charge in [-0.2, -0.15) is 5.21 Å². The summed E-state index contributed by atoms with van der Waals surface area (Å²) in [6, 6.07) is 0.560. The van der Waals surface area contributed by atoms with Crippen molar-refractivity contribution in [1.29, 1.82) is 0 Å².